The molecule has 3 atom stereocenters. The molecular formula is C26H38N2O. The molecule has 3 heteroatoms. The highest BCUT2D eigenvalue weighted by molar-refractivity contribution is 5.83. The molecule has 2 bridgehead atoms. The van der Waals surface area contributed by atoms with E-state index in [1.165, 1.54) is 37.7 Å². The van der Waals surface area contributed by atoms with Crippen LogP contribution in [0.5, 0.6) is 0 Å². The van der Waals surface area contributed by atoms with Crippen molar-refractivity contribution in [3.05, 3.63) is 35.9 Å². The molecular weight excluding hydrogens is 356 g/mol. The summed E-state index contributed by atoms with van der Waals surface area (Å²) in [6, 6.07) is 11.1. The highest BCUT2D eigenvalue weighted by Crippen LogP contribution is 2.61. The molecule has 2 aliphatic heterocycles. The molecule has 0 aromatic heterocycles. The maximum absolute atomic E-state index is 13.9. The average molecular weight is 395 g/mol. The Labute approximate surface area is 176 Å². The Morgan fingerprint density at radius 2 is 1.66 bits per heavy atom. The standard InChI is InChI=1S/C26H38N2O/c1-23(2)13-20-14-24(3,17-26(15-20,16-23)21-7-5-4-6-8-21)22(29)28-11-9-25(10-12-28)18-27-19-25/h4-8,20,27H,9-19H2,1-3H3. The van der Waals surface area contributed by atoms with E-state index in [1.54, 1.807) is 0 Å². The summed E-state index contributed by atoms with van der Waals surface area (Å²) in [5.41, 5.74) is 2.27. The molecule has 158 valence electrons. The fourth-order valence-electron chi connectivity index (χ4n) is 7.88. The van der Waals surface area contributed by atoms with E-state index in [0.717, 1.165) is 39.0 Å². The molecule has 2 saturated carbocycles. The molecule has 1 aromatic carbocycles. The van der Waals surface area contributed by atoms with Crippen LogP contribution in [0.1, 0.15) is 71.3 Å². The number of hydrogen-bond acceptors (Lipinski definition) is 2. The molecule has 29 heavy (non-hydrogen) atoms. The number of amides is 1. The van der Waals surface area contributed by atoms with Gasteiger partial charge in [0.15, 0.2) is 0 Å². The molecule has 4 aliphatic rings. The van der Waals surface area contributed by atoms with Gasteiger partial charge in [0.05, 0.1) is 0 Å². The lowest BCUT2D eigenvalue weighted by Crippen LogP contribution is -2.61. The Hall–Kier alpha value is -1.35. The van der Waals surface area contributed by atoms with Gasteiger partial charge in [0.2, 0.25) is 5.91 Å². The minimum Gasteiger partial charge on any atom is -0.342 e. The van der Waals surface area contributed by atoms with Crippen molar-refractivity contribution >= 4 is 5.91 Å². The van der Waals surface area contributed by atoms with E-state index in [-0.39, 0.29) is 10.8 Å². The molecule has 4 fully saturated rings. The predicted octanol–water partition coefficient (Wildman–Crippen LogP) is 4.76. The summed E-state index contributed by atoms with van der Waals surface area (Å²) in [6.45, 7) is 11.4. The molecule has 2 heterocycles. The van der Waals surface area contributed by atoms with Gasteiger partial charge in [-0.3, -0.25) is 4.79 Å². The number of nitrogens with one attached hydrogen (secondary N) is 1. The van der Waals surface area contributed by atoms with Crippen molar-refractivity contribution in [2.45, 2.75) is 71.1 Å². The van der Waals surface area contributed by atoms with Crippen molar-refractivity contribution < 1.29 is 4.79 Å². The van der Waals surface area contributed by atoms with E-state index in [1.807, 2.05) is 0 Å². The van der Waals surface area contributed by atoms with E-state index >= 15 is 0 Å². The first-order valence-electron chi connectivity index (χ1n) is 11.8. The lowest BCUT2D eigenvalue weighted by molar-refractivity contribution is -0.151. The van der Waals surface area contributed by atoms with Crippen LogP contribution < -0.4 is 5.32 Å². The number of carbonyl (C=O) groups excluding carboxylic acids is 1. The van der Waals surface area contributed by atoms with Crippen LogP contribution in [0.2, 0.25) is 0 Å². The van der Waals surface area contributed by atoms with E-state index < -0.39 is 0 Å². The molecule has 1 N–H and O–H groups in total. The second-order valence-electron chi connectivity index (χ2n) is 12.1. The van der Waals surface area contributed by atoms with Gasteiger partial charge in [0, 0.05) is 31.6 Å². The van der Waals surface area contributed by atoms with Crippen LogP contribution in [-0.2, 0) is 10.2 Å². The molecule has 1 amide bonds. The molecule has 3 nitrogen and oxygen atoms in total. The number of rotatable bonds is 2. The topological polar surface area (TPSA) is 32.3 Å². The van der Waals surface area contributed by atoms with Gasteiger partial charge in [-0.1, -0.05) is 51.1 Å². The van der Waals surface area contributed by atoms with Crippen molar-refractivity contribution in [1.29, 1.82) is 0 Å². The van der Waals surface area contributed by atoms with Crippen molar-refractivity contribution in [2.75, 3.05) is 26.2 Å². The van der Waals surface area contributed by atoms with Gasteiger partial charge >= 0.3 is 0 Å². The lowest BCUT2D eigenvalue weighted by atomic mass is 9.47. The number of nitrogens with zero attached hydrogens (tertiary/aromatic N) is 1. The van der Waals surface area contributed by atoms with Gasteiger partial charge in [-0.05, 0) is 72.7 Å². The predicted molar refractivity (Wildman–Crippen MR) is 118 cm³/mol. The van der Waals surface area contributed by atoms with E-state index in [0.29, 0.717) is 22.7 Å². The molecule has 2 aliphatic carbocycles. The Balaban J connectivity index is 1.41. The van der Waals surface area contributed by atoms with Crippen LogP contribution in [-0.4, -0.2) is 37.0 Å². The first kappa shape index (κ1) is 19.6. The third kappa shape index (κ3) is 3.34. The normalized spacial score (nSPS) is 37.8. The summed E-state index contributed by atoms with van der Waals surface area (Å²) >= 11 is 0. The molecule has 1 spiro atoms. The third-order valence-electron chi connectivity index (χ3n) is 8.82. The van der Waals surface area contributed by atoms with Crippen molar-refractivity contribution in [3.63, 3.8) is 0 Å². The number of benzene rings is 1. The van der Waals surface area contributed by atoms with E-state index in [4.69, 9.17) is 0 Å². The first-order chi connectivity index (χ1) is 13.7. The van der Waals surface area contributed by atoms with Gasteiger partial charge in [-0.25, -0.2) is 0 Å². The summed E-state index contributed by atoms with van der Waals surface area (Å²) in [6.07, 6.45) is 8.19. The Morgan fingerprint density at radius 3 is 2.28 bits per heavy atom. The molecule has 0 radical (unpaired) electrons. The Morgan fingerprint density at radius 1 is 0.966 bits per heavy atom. The van der Waals surface area contributed by atoms with E-state index in [9.17, 15) is 4.79 Å². The maximum atomic E-state index is 13.9. The minimum atomic E-state index is -0.211. The average Bonchev–Trinajstić information content (AvgIpc) is 2.65. The summed E-state index contributed by atoms with van der Waals surface area (Å²) in [5.74, 6) is 1.11. The van der Waals surface area contributed by atoms with Crippen molar-refractivity contribution in [3.8, 4) is 0 Å². The SMILES string of the molecule is CC1(C)CC2CC(C)(C(=O)N3CCC4(CC3)CNC4)CC(c3ccccc3)(C2)C1. The number of hydrogen-bond donors (Lipinski definition) is 1. The zero-order chi connectivity index (χ0) is 20.3. The van der Waals surface area contributed by atoms with Crippen LogP contribution >= 0.6 is 0 Å². The summed E-state index contributed by atoms with van der Waals surface area (Å²) < 4.78 is 0. The van der Waals surface area contributed by atoms with Gasteiger partial charge in [0.25, 0.3) is 0 Å². The van der Waals surface area contributed by atoms with Crippen LogP contribution in [0.15, 0.2) is 30.3 Å². The largest absolute Gasteiger partial charge is 0.342 e. The molecule has 3 unspecified atom stereocenters. The quantitative estimate of drug-likeness (QED) is 0.784. The second-order valence-corrected chi connectivity index (χ2v) is 12.1. The van der Waals surface area contributed by atoms with Gasteiger partial charge in [-0.15, -0.1) is 0 Å². The zero-order valence-corrected chi connectivity index (χ0v) is 18.6. The van der Waals surface area contributed by atoms with E-state index in [2.05, 4.69) is 61.3 Å². The molecule has 1 aromatic rings. The van der Waals surface area contributed by atoms with Crippen LogP contribution in [0.25, 0.3) is 0 Å². The summed E-state index contributed by atoms with van der Waals surface area (Å²) in [5, 5.41) is 3.44. The van der Waals surface area contributed by atoms with Gasteiger partial charge in [-0.2, -0.15) is 0 Å². The molecule has 2 saturated heterocycles. The smallest absolute Gasteiger partial charge is 0.228 e. The third-order valence-corrected chi connectivity index (χ3v) is 8.82. The number of piperidine rings is 1. The van der Waals surface area contributed by atoms with Gasteiger partial charge in [0.1, 0.15) is 0 Å². The van der Waals surface area contributed by atoms with Crippen LogP contribution in [0.4, 0.5) is 0 Å². The second kappa shape index (κ2) is 6.57. The van der Waals surface area contributed by atoms with Crippen LogP contribution in [0, 0.1) is 22.2 Å². The monoisotopic (exact) mass is 394 g/mol. The number of fused-ring (bicyclic) bond motifs is 2. The fourth-order valence-corrected chi connectivity index (χ4v) is 7.88. The van der Waals surface area contributed by atoms with Crippen molar-refractivity contribution in [2.24, 2.45) is 22.2 Å². The number of carbonyl (C=O) groups is 1. The summed E-state index contributed by atoms with van der Waals surface area (Å²) in [7, 11) is 0. The lowest BCUT2D eigenvalue weighted by Gasteiger charge is -2.58. The van der Waals surface area contributed by atoms with Crippen molar-refractivity contribution in [1.82, 2.24) is 10.2 Å². The first-order valence-corrected chi connectivity index (χ1v) is 11.8. The zero-order valence-electron chi connectivity index (χ0n) is 18.6. The Bertz CT molecular complexity index is 773. The highest BCUT2D eigenvalue weighted by Gasteiger charge is 2.56. The van der Waals surface area contributed by atoms with Crippen LogP contribution in [0.3, 0.4) is 0 Å². The minimum absolute atomic E-state index is 0.158. The summed E-state index contributed by atoms with van der Waals surface area (Å²) in [4.78, 5) is 16.1. The number of likely N-dealkylation sites (tertiary alicyclic amines) is 1. The Kier molecular flexibility index (Phi) is 4.44. The maximum Gasteiger partial charge on any atom is 0.228 e. The highest BCUT2D eigenvalue weighted by atomic mass is 16.2. The van der Waals surface area contributed by atoms with Gasteiger partial charge < -0.3 is 10.2 Å². The molecule has 5 rings (SSSR count). The fraction of sp³-hybridized carbons (Fsp3) is 0.731.